The topological polar surface area (TPSA) is 39.9 Å². The fourth-order valence-corrected chi connectivity index (χ4v) is 3.80. The molecule has 25 heavy (non-hydrogen) atoms. The summed E-state index contributed by atoms with van der Waals surface area (Å²) in [5.41, 5.74) is 2.48. The Morgan fingerprint density at radius 3 is 2.72 bits per heavy atom. The Kier molecular flexibility index (Phi) is 6.29. The summed E-state index contributed by atoms with van der Waals surface area (Å²) in [4.78, 5) is 5.06. The number of aliphatic hydroxyl groups is 1. The van der Waals surface area contributed by atoms with Crippen LogP contribution >= 0.6 is 0 Å². The van der Waals surface area contributed by atoms with Gasteiger partial charge in [0.05, 0.1) is 6.26 Å². The third-order valence-corrected chi connectivity index (χ3v) is 4.95. The molecule has 136 valence electrons. The summed E-state index contributed by atoms with van der Waals surface area (Å²) in [6.07, 6.45) is 2.58. The van der Waals surface area contributed by atoms with Crippen molar-refractivity contribution >= 4 is 0 Å². The van der Waals surface area contributed by atoms with Gasteiger partial charge in [-0.25, -0.2) is 0 Å². The summed E-state index contributed by atoms with van der Waals surface area (Å²) in [5.74, 6) is 1.59. The highest BCUT2D eigenvalue weighted by Gasteiger charge is 2.27. The minimum Gasteiger partial charge on any atom is -0.464 e. The predicted octanol–water partition coefficient (Wildman–Crippen LogP) is 3.47. The van der Waals surface area contributed by atoms with E-state index < -0.39 is 0 Å². The standard InChI is InChI=1S/C21H30N2O2/c1-17(2)14-23-11-10-22(16-19(23)9-12-24)15-18-6-3-4-7-20(18)21-8-5-13-25-21/h3-8,13,17,19,24H,9-12,14-16H2,1-2H3. The smallest absolute Gasteiger partial charge is 0.134 e. The highest BCUT2D eigenvalue weighted by Crippen LogP contribution is 2.26. The van der Waals surface area contributed by atoms with Crippen molar-refractivity contribution in [2.24, 2.45) is 5.92 Å². The number of rotatable bonds is 7. The molecule has 1 aromatic carbocycles. The fourth-order valence-electron chi connectivity index (χ4n) is 3.80. The minimum absolute atomic E-state index is 0.260. The molecule has 2 aromatic rings. The van der Waals surface area contributed by atoms with Gasteiger partial charge < -0.3 is 9.52 Å². The molecule has 4 nitrogen and oxygen atoms in total. The monoisotopic (exact) mass is 342 g/mol. The van der Waals surface area contributed by atoms with Crippen LogP contribution in [0.3, 0.4) is 0 Å². The summed E-state index contributed by atoms with van der Waals surface area (Å²) in [6, 6.07) is 12.9. The quantitative estimate of drug-likeness (QED) is 0.836. The van der Waals surface area contributed by atoms with Crippen molar-refractivity contribution in [2.45, 2.75) is 32.9 Å². The fraction of sp³-hybridized carbons (Fsp3) is 0.524. The van der Waals surface area contributed by atoms with Crippen molar-refractivity contribution in [3.8, 4) is 11.3 Å². The van der Waals surface area contributed by atoms with Crippen molar-refractivity contribution in [2.75, 3.05) is 32.8 Å². The molecule has 0 radical (unpaired) electrons. The maximum absolute atomic E-state index is 9.46. The molecule has 3 rings (SSSR count). The second kappa shape index (κ2) is 8.65. The third-order valence-electron chi connectivity index (χ3n) is 4.95. The van der Waals surface area contributed by atoms with Gasteiger partial charge in [0.2, 0.25) is 0 Å². The molecular weight excluding hydrogens is 312 g/mol. The molecule has 0 saturated carbocycles. The number of nitrogens with zero attached hydrogens (tertiary/aromatic N) is 2. The number of hydrogen-bond acceptors (Lipinski definition) is 4. The second-order valence-corrected chi connectivity index (χ2v) is 7.42. The van der Waals surface area contributed by atoms with E-state index in [1.807, 2.05) is 12.1 Å². The van der Waals surface area contributed by atoms with Crippen LogP contribution in [-0.4, -0.2) is 53.7 Å². The number of piperazine rings is 1. The SMILES string of the molecule is CC(C)CN1CCN(Cc2ccccc2-c2ccco2)CC1CCO. The summed E-state index contributed by atoms with van der Waals surface area (Å²) < 4.78 is 5.61. The highest BCUT2D eigenvalue weighted by atomic mass is 16.3. The minimum atomic E-state index is 0.260. The lowest BCUT2D eigenvalue weighted by atomic mass is 10.0. The van der Waals surface area contributed by atoms with Crippen LogP contribution in [0.4, 0.5) is 0 Å². The van der Waals surface area contributed by atoms with Gasteiger partial charge >= 0.3 is 0 Å². The Bertz CT molecular complexity index is 639. The molecule has 0 amide bonds. The predicted molar refractivity (Wildman–Crippen MR) is 101 cm³/mol. The van der Waals surface area contributed by atoms with Crippen molar-refractivity contribution < 1.29 is 9.52 Å². The molecule has 2 heterocycles. The molecule has 1 aliphatic rings. The van der Waals surface area contributed by atoms with Gasteiger partial charge in [-0.15, -0.1) is 0 Å². The van der Waals surface area contributed by atoms with E-state index in [0.717, 1.165) is 44.9 Å². The molecule has 1 N–H and O–H groups in total. The van der Waals surface area contributed by atoms with E-state index in [4.69, 9.17) is 4.42 Å². The van der Waals surface area contributed by atoms with Crippen LogP contribution in [0, 0.1) is 5.92 Å². The van der Waals surface area contributed by atoms with E-state index >= 15 is 0 Å². The summed E-state index contributed by atoms with van der Waals surface area (Å²) >= 11 is 0. The summed E-state index contributed by atoms with van der Waals surface area (Å²) in [5, 5.41) is 9.46. The van der Waals surface area contributed by atoms with Gasteiger partial charge in [0.1, 0.15) is 5.76 Å². The first-order valence-corrected chi connectivity index (χ1v) is 9.36. The average Bonchev–Trinajstić information content (AvgIpc) is 3.12. The molecule has 1 fully saturated rings. The lowest BCUT2D eigenvalue weighted by Crippen LogP contribution is -2.53. The van der Waals surface area contributed by atoms with Gasteiger partial charge in [0, 0.05) is 50.9 Å². The largest absolute Gasteiger partial charge is 0.464 e. The van der Waals surface area contributed by atoms with E-state index in [1.54, 1.807) is 6.26 Å². The molecule has 4 heteroatoms. The summed E-state index contributed by atoms with van der Waals surface area (Å²) in [6.45, 7) is 9.99. The molecule has 1 aromatic heterocycles. The van der Waals surface area contributed by atoms with Crippen molar-refractivity contribution in [1.29, 1.82) is 0 Å². The number of benzene rings is 1. The zero-order valence-corrected chi connectivity index (χ0v) is 15.4. The van der Waals surface area contributed by atoms with Crippen molar-refractivity contribution in [3.05, 3.63) is 48.2 Å². The third kappa shape index (κ3) is 4.72. The molecule has 1 atom stereocenters. The van der Waals surface area contributed by atoms with Crippen molar-refractivity contribution in [3.63, 3.8) is 0 Å². The van der Waals surface area contributed by atoms with E-state index in [1.165, 1.54) is 11.1 Å². The Balaban J connectivity index is 1.70. The lowest BCUT2D eigenvalue weighted by Gasteiger charge is -2.42. The van der Waals surface area contributed by atoms with Gasteiger partial charge in [0.25, 0.3) is 0 Å². The van der Waals surface area contributed by atoms with E-state index in [9.17, 15) is 5.11 Å². The van der Waals surface area contributed by atoms with Crippen LogP contribution in [0.15, 0.2) is 47.1 Å². The maximum atomic E-state index is 9.46. The first kappa shape index (κ1) is 18.2. The molecule has 1 saturated heterocycles. The maximum Gasteiger partial charge on any atom is 0.134 e. The molecule has 1 unspecified atom stereocenters. The van der Waals surface area contributed by atoms with Gasteiger partial charge in [0.15, 0.2) is 0 Å². The number of hydrogen-bond donors (Lipinski definition) is 1. The zero-order chi connectivity index (χ0) is 17.6. The molecule has 0 spiro atoms. The van der Waals surface area contributed by atoms with Crippen LogP contribution in [0.1, 0.15) is 25.8 Å². The van der Waals surface area contributed by atoms with Crippen LogP contribution < -0.4 is 0 Å². The second-order valence-electron chi connectivity index (χ2n) is 7.42. The molecule has 1 aliphatic heterocycles. The van der Waals surface area contributed by atoms with Crippen LogP contribution in [-0.2, 0) is 6.54 Å². The van der Waals surface area contributed by atoms with E-state index in [2.05, 4.69) is 47.9 Å². The van der Waals surface area contributed by atoms with E-state index in [-0.39, 0.29) is 6.61 Å². The van der Waals surface area contributed by atoms with Gasteiger partial charge in [-0.2, -0.15) is 0 Å². The lowest BCUT2D eigenvalue weighted by molar-refractivity contribution is 0.0477. The molecular formula is C21H30N2O2. The average molecular weight is 342 g/mol. The van der Waals surface area contributed by atoms with Crippen molar-refractivity contribution in [1.82, 2.24) is 9.80 Å². The number of furan rings is 1. The first-order chi connectivity index (χ1) is 12.2. The van der Waals surface area contributed by atoms with Crippen LogP contribution in [0.2, 0.25) is 0 Å². The Hall–Kier alpha value is -1.62. The Morgan fingerprint density at radius 2 is 2.00 bits per heavy atom. The van der Waals surface area contributed by atoms with Crippen LogP contribution in [0.5, 0.6) is 0 Å². The normalized spacial score (nSPS) is 19.6. The van der Waals surface area contributed by atoms with E-state index in [0.29, 0.717) is 12.0 Å². The highest BCUT2D eigenvalue weighted by molar-refractivity contribution is 5.61. The Labute approximate surface area is 151 Å². The van der Waals surface area contributed by atoms with Gasteiger partial charge in [-0.3, -0.25) is 9.80 Å². The first-order valence-electron chi connectivity index (χ1n) is 9.36. The molecule has 0 aliphatic carbocycles. The van der Waals surface area contributed by atoms with Gasteiger partial charge in [-0.05, 0) is 30.0 Å². The number of aliphatic hydroxyl groups excluding tert-OH is 1. The van der Waals surface area contributed by atoms with Gasteiger partial charge in [-0.1, -0.05) is 38.1 Å². The molecule has 0 bridgehead atoms. The summed E-state index contributed by atoms with van der Waals surface area (Å²) in [7, 11) is 0. The zero-order valence-electron chi connectivity index (χ0n) is 15.4. The van der Waals surface area contributed by atoms with Crippen LogP contribution in [0.25, 0.3) is 11.3 Å². The Morgan fingerprint density at radius 1 is 1.16 bits per heavy atom.